The van der Waals surface area contributed by atoms with Crippen LogP contribution in [-0.2, 0) is 0 Å². The molecule has 0 bridgehead atoms. The molecule has 4 heteroatoms. The van der Waals surface area contributed by atoms with E-state index in [0.717, 1.165) is 16.7 Å². The molecule has 0 radical (unpaired) electrons. The molecule has 0 spiro atoms. The van der Waals surface area contributed by atoms with Gasteiger partial charge in [0.15, 0.2) is 0 Å². The molecule has 2 N–H and O–H groups in total. The van der Waals surface area contributed by atoms with Crippen LogP contribution < -0.4 is 5.32 Å². The number of rotatable bonds is 5. The van der Waals surface area contributed by atoms with E-state index >= 15 is 0 Å². The highest BCUT2D eigenvalue weighted by molar-refractivity contribution is 7.99. The Bertz CT molecular complexity index is 514. The number of aliphatic hydroxyl groups is 1. The van der Waals surface area contributed by atoms with Gasteiger partial charge in [-0.1, -0.05) is 18.2 Å². The number of anilines is 1. The molecule has 0 aliphatic carbocycles. The minimum atomic E-state index is 0.170. The molecular weight excluding hydrogens is 244 g/mol. The van der Waals surface area contributed by atoms with Gasteiger partial charge in [-0.25, -0.2) is 4.98 Å². The average molecular weight is 262 g/mol. The third-order valence-electron chi connectivity index (χ3n) is 3.01. The van der Waals surface area contributed by atoms with Crippen molar-refractivity contribution < 1.29 is 5.11 Å². The number of aliphatic hydroxyl groups excluding tert-OH is 1. The highest BCUT2D eigenvalue weighted by atomic mass is 32.2. The van der Waals surface area contributed by atoms with Crippen molar-refractivity contribution in [1.29, 1.82) is 0 Å². The summed E-state index contributed by atoms with van der Waals surface area (Å²) in [6.07, 6.45) is 2.01. The summed E-state index contributed by atoms with van der Waals surface area (Å²) in [5.74, 6) is 0.855. The highest BCUT2D eigenvalue weighted by Gasteiger charge is 2.15. The van der Waals surface area contributed by atoms with E-state index in [1.165, 1.54) is 0 Å². The van der Waals surface area contributed by atoms with Crippen LogP contribution in [0.15, 0.2) is 36.4 Å². The number of nitrogens with zero attached hydrogens (tertiary/aromatic N) is 1. The maximum absolute atomic E-state index is 9.26. The van der Waals surface area contributed by atoms with Gasteiger partial charge in [-0.05, 0) is 31.4 Å². The molecule has 1 aromatic heterocycles. The van der Waals surface area contributed by atoms with Crippen LogP contribution in [0.5, 0.6) is 0 Å². The Morgan fingerprint density at radius 1 is 1.28 bits per heavy atom. The van der Waals surface area contributed by atoms with Gasteiger partial charge >= 0.3 is 0 Å². The fraction of sp³-hybridized carbons (Fsp3) is 0.357. The van der Waals surface area contributed by atoms with Gasteiger partial charge in [-0.15, -0.1) is 0 Å². The lowest BCUT2D eigenvalue weighted by Gasteiger charge is -2.21. The van der Waals surface area contributed by atoms with E-state index in [9.17, 15) is 5.11 Å². The SMILES string of the molecule is CSC(CO)C(C)Nc1ccc2ccccc2n1. The standard InChI is InChI=1S/C14H18N2OS/c1-10(13(9-17)18-2)15-14-8-7-11-5-3-4-6-12(11)16-14/h3-8,10,13,17H,9H2,1-2H3,(H,15,16). The third-order valence-corrected chi connectivity index (χ3v) is 4.18. The summed E-state index contributed by atoms with van der Waals surface area (Å²) in [5.41, 5.74) is 0.986. The number of nitrogens with one attached hydrogen (secondary N) is 1. The first-order valence-electron chi connectivity index (χ1n) is 6.00. The molecule has 1 heterocycles. The second-order valence-electron chi connectivity index (χ2n) is 4.28. The predicted molar refractivity (Wildman–Crippen MR) is 79.2 cm³/mol. The minimum absolute atomic E-state index is 0.170. The molecule has 2 atom stereocenters. The summed E-state index contributed by atoms with van der Waals surface area (Å²) in [6, 6.07) is 12.3. The molecule has 0 fully saturated rings. The number of hydrogen-bond acceptors (Lipinski definition) is 4. The zero-order chi connectivity index (χ0) is 13.0. The van der Waals surface area contributed by atoms with E-state index in [1.807, 2.05) is 36.6 Å². The average Bonchev–Trinajstić information content (AvgIpc) is 2.40. The molecule has 1 aromatic carbocycles. The number of para-hydroxylation sites is 1. The predicted octanol–water partition coefficient (Wildman–Crippen LogP) is 2.76. The molecular formula is C14H18N2OS. The molecule has 2 aromatic rings. The second-order valence-corrected chi connectivity index (χ2v) is 5.36. The van der Waals surface area contributed by atoms with Crippen molar-refractivity contribution in [3.8, 4) is 0 Å². The molecule has 0 aliphatic rings. The monoisotopic (exact) mass is 262 g/mol. The van der Waals surface area contributed by atoms with Gasteiger partial charge in [-0.2, -0.15) is 11.8 Å². The van der Waals surface area contributed by atoms with E-state index in [-0.39, 0.29) is 17.9 Å². The maximum Gasteiger partial charge on any atom is 0.126 e. The minimum Gasteiger partial charge on any atom is -0.395 e. The van der Waals surface area contributed by atoms with Crippen LogP contribution in [0.25, 0.3) is 10.9 Å². The second kappa shape index (κ2) is 6.07. The van der Waals surface area contributed by atoms with Crippen LogP contribution in [-0.4, -0.2) is 34.2 Å². The van der Waals surface area contributed by atoms with Crippen molar-refractivity contribution in [3.05, 3.63) is 36.4 Å². The Labute approximate surface area is 112 Å². The topological polar surface area (TPSA) is 45.1 Å². The Morgan fingerprint density at radius 3 is 2.78 bits per heavy atom. The van der Waals surface area contributed by atoms with Crippen molar-refractivity contribution in [2.24, 2.45) is 0 Å². The summed E-state index contributed by atoms with van der Waals surface area (Å²) < 4.78 is 0. The molecule has 3 nitrogen and oxygen atoms in total. The largest absolute Gasteiger partial charge is 0.395 e. The smallest absolute Gasteiger partial charge is 0.126 e. The summed E-state index contributed by atoms with van der Waals surface area (Å²) in [4.78, 5) is 4.56. The summed E-state index contributed by atoms with van der Waals surface area (Å²) in [5, 5.41) is 13.9. The Morgan fingerprint density at radius 2 is 2.06 bits per heavy atom. The fourth-order valence-electron chi connectivity index (χ4n) is 1.91. The maximum atomic E-state index is 9.26. The number of benzene rings is 1. The molecule has 18 heavy (non-hydrogen) atoms. The molecule has 0 amide bonds. The van der Waals surface area contributed by atoms with Gasteiger partial charge in [0.05, 0.1) is 12.1 Å². The quantitative estimate of drug-likeness (QED) is 0.869. The molecule has 2 rings (SSSR count). The van der Waals surface area contributed by atoms with Crippen molar-refractivity contribution in [2.75, 3.05) is 18.2 Å². The highest BCUT2D eigenvalue weighted by Crippen LogP contribution is 2.18. The van der Waals surface area contributed by atoms with Gasteiger partial charge in [0.1, 0.15) is 5.82 Å². The Balaban J connectivity index is 2.16. The van der Waals surface area contributed by atoms with Crippen molar-refractivity contribution >= 4 is 28.5 Å². The first kappa shape index (κ1) is 13.2. The van der Waals surface area contributed by atoms with E-state index in [2.05, 4.69) is 23.3 Å². The van der Waals surface area contributed by atoms with Crippen LogP contribution >= 0.6 is 11.8 Å². The van der Waals surface area contributed by atoms with Gasteiger partial charge in [0.2, 0.25) is 0 Å². The van der Waals surface area contributed by atoms with Crippen LogP contribution in [0.3, 0.4) is 0 Å². The van der Waals surface area contributed by atoms with Crippen LogP contribution in [0.4, 0.5) is 5.82 Å². The lowest BCUT2D eigenvalue weighted by Crippen LogP contribution is -2.31. The van der Waals surface area contributed by atoms with Crippen molar-refractivity contribution in [3.63, 3.8) is 0 Å². The molecule has 0 aliphatic heterocycles. The van der Waals surface area contributed by atoms with Crippen molar-refractivity contribution in [2.45, 2.75) is 18.2 Å². The summed E-state index contributed by atoms with van der Waals surface area (Å²) in [7, 11) is 0. The normalized spacial score (nSPS) is 14.4. The number of fused-ring (bicyclic) bond motifs is 1. The lowest BCUT2D eigenvalue weighted by molar-refractivity contribution is 0.288. The van der Waals surface area contributed by atoms with Gasteiger partial charge in [0.25, 0.3) is 0 Å². The van der Waals surface area contributed by atoms with Crippen molar-refractivity contribution in [1.82, 2.24) is 4.98 Å². The molecule has 0 saturated heterocycles. The van der Waals surface area contributed by atoms with E-state index in [1.54, 1.807) is 11.8 Å². The lowest BCUT2D eigenvalue weighted by atomic mass is 10.2. The van der Waals surface area contributed by atoms with Crippen LogP contribution in [0.2, 0.25) is 0 Å². The zero-order valence-electron chi connectivity index (χ0n) is 10.6. The molecule has 2 unspecified atom stereocenters. The summed E-state index contributed by atoms with van der Waals surface area (Å²) >= 11 is 1.66. The van der Waals surface area contributed by atoms with Gasteiger partial charge in [-0.3, -0.25) is 0 Å². The summed E-state index contributed by atoms with van der Waals surface area (Å²) in [6.45, 7) is 2.23. The van der Waals surface area contributed by atoms with Gasteiger partial charge in [0, 0.05) is 16.7 Å². The molecule has 0 saturated carbocycles. The zero-order valence-corrected chi connectivity index (χ0v) is 11.4. The van der Waals surface area contributed by atoms with E-state index < -0.39 is 0 Å². The van der Waals surface area contributed by atoms with E-state index in [4.69, 9.17) is 0 Å². The number of pyridine rings is 1. The van der Waals surface area contributed by atoms with Gasteiger partial charge < -0.3 is 10.4 Å². The first-order valence-corrected chi connectivity index (χ1v) is 7.29. The number of hydrogen-bond donors (Lipinski definition) is 2. The Hall–Kier alpha value is -1.26. The fourth-order valence-corrected chi connectivity index (χ4v) is 2.53. The number of thioether (sulfide) groups is 1. The van der Waals surface area contributed by atoms with Crippen LogP contribution in [0.1, 0.15) is 6.92 Å². The number of aromatic nitrogens is 1. The Kier molecular flexibility index (Phi) is 4.44. The third kappa shape index (κ3) is 2.94. The van der Waals surface area contributed by atoms with Crippen LogP contribution in [0, 0.1) is 0 Å². The molecule has 96 valence electrons. The van der Waals surface area contributed by atoms with E-state index in [0.29, 0.717) is 0 Å². The first-order chi connectivity index (χ1) is 8.74.